The van der Waals surface area contributed by atoms with Crippen LogP contribution in [0.4, 0.5) is 0 Å². The zero-order valence-corrected chi connectivity index (χ0v) is 9.98. The molecule has 1 aliphatic heterocycles. The molecule has 0 aromatic carbocycles. The van der Waals surface area contributed by atoms with Gasteiger partial charge in [-0.15, -0.1) is 0 Å². The molecule has 0 radical (unpaired) electrons. The first kappa shape index (κ1) is 9.97. The standard InChI is InChI=1S/C9H15BrO2S/c10-9(8-1-2-8)5-7-3-4-13(11,12)6-7/h7-9H,1-6H2. The maximum absolute atomic E-state index is 11.2. The molecule has 2 unspecified atom stereocenters. The fraction of sp³-hybridized carbons (Fsp3) is 1.00. The summed E-state index contributed by atoms with van der Waals surface area (Å²) < 4.78 is 22.4. The highest BCUT2D eigenvalue weighted by molar-refractivity contribution is 9.09. The summed E-state index contributed by atoms with van der Waals surface area (Å²) >= 11 is 3.66. The van der Waals surface area contributed by atoms with Gasteiger partial charge < -0.3 is 0 Å². The van der Waals surface area contributed by atoms with E-state index < -0.39 is 9.84 Å². The molecule has 4 heteroatoms. The Labute approximate surface area is 88.1 Å². The zero-order valence-electron chi connectivity index (χ0n) is 7.58. The summed E-state index contributed by atoms with van der Waals surface area (Å²) in [5.41, 5.74) is 0. The third-order valence-electron chi connectivity index (χ3n) is 3.02. The van der Waals surface area contributed by atoms with Gasteiger partial charge in [0.2, 0.25) is 0 Å². The molecule has 0 aromatic rings. The number of halogens is 1. The van der Waals surface area contributed by atoms with E-state index in [0.29, 0.717) is 22.3 Å². The molecule has 1 saturated carbocycles. The van der Waals surface area contributed by atoms with Crippen molar-refractivity contribution in [3.8, 4) is 0 Å². The Balaban J connectivity index is 1.83. The van der Waals surface area contributed by atoms with E-state index in [9.17, 15) is 8.42 Å². The summed E-state index contributed by atoms with van der Waals surface area (Å²) in [5, 5.41) is 0. The molecule has 0 N–H and O–H groups in total. The first-order chi connectivity index (χ1) is 6.07. The molecule has 1 saturated heterocycles. The van der Waals surface area contributed by atoms with Crippen LogP contribution < -0.4 is 0 Å². The minimum atomic E-state index is -2.67. The highest BCUT2D eigenvalue weighted by Gasteiger charge is 2.34. The maximum atomic E-state index is 11.2. The summed E-state index contributed by atoms with van der Waals surface area (Å²) in [4.78, 5) is 0.575. The number of hydrogen-bond acceptors (Lipinski definition) is 2. The molecule has 2 nitrogen and oxygen atoms in total. The predicted molar refractivity (Wildman–Crippen MR) is 56.8 cm³/mol. The summed E-state index contributed by atoms with van der Waals surface area (Å²) in [6.07, 6.45) is 4.60. The molecular weight excluding hydrogens is 252 g/mol. The SMILES string of the molecule is O=S1(=O)CCC(CC(Br)C2CC2)C1. The number of alkyl halides is 1. The lowest BCUT2D eigenvalue weighted by molar-refractivity contribution is 0.512. The van der Waals surface area contributed by atoms with Crippen molar-refractivity contribution in [2.45, 2.75) is 30.5 Å². The number of sulfone groups is 1. The topological polar surface area (TPSA) is 34.1 Å². The third kappa shape index (κ3) is 2.69. The summed E-state index contributed by atoms with van der Waals surface area (Å²) in [5.74, 6) is 2.11. The molecule has 2 fully saturated rings. The summed E-state index contributed by atoms with van der Waals surface area (Å²) in [6.45, 7) is 0. The van der Waals surface area contributed by atoms with E-state index in [4.69, 9.17) is 0 Å². The minimum absolute atomic E-state index is 0.419. The van der Waals surface area contributed by atoms with E-state index in [1.807, 2.05) is 0 Å². The normalized spacial score (nSPS) is 34.7. The van der Waals surface area contributed by atoms with Crippen molar-refractivity contribution in [1.29, 1.82) is 0 Å². The Morgan fingerprint density at radius 3 is 2.46 bits per heavy atom. The van der Waals surface area contributed by atoms with Crippen molar-refractivity contribution >= 4 is 25.8 Å². The first-order valence-electron chi connectivity index (χ1n) is 4.91. The highest BCUT2D eigenvalue weighted by Crippen LogP contribution is 2.40. The van der Waals surface area contributed by atoms with Crippen LogP contribution in [-0.4, -0.2) is 24.8 Å². The van der Waals surface area contributed by atoms with Crippen molar-refractivity contribution < 1.29 is 8.42 Å². The van der Waals surface area contributed by atoms with Gasteiger partial charge in [0.15, 0.2) is 9.84 Å². The molecule has 0 bridgehead atoms. The van der Waals surface area contributed by atoms with E-state index in [-0.39, 0.29) is 0 Å². The Bertz CT molecular complexity index is 282. The van der Waals surface area contributed by atoms with Crippen LogP contribution in [-0.2, 0) is 9.84 Å². The van der Waals surface area contributed by atoms with Gasteiger partial charge in [-0.2, -0.15) is 0 Å². The van der Waals surface area contributed by atoms with Crippen molar-refractivity contribution in [3.63, 3.8) is 0 Å². The van der Waals surface area contributed by atoms with Gasteiger partial charge in [-0.25, -0.2) is 8.42 Å². The molecule has 1 heterocycles. The van der Waals surface area contributed by atoms with Crippen LogP contribution in [0.5, 0.6) is 0 Å². The van der Waals surface area contributed by atoms with Crippen LogP contribution >= 0.6 is 15.9 Å². The van der Waals surface area contributed by atoms with Crippen molar-refractivity contribution in [1.82, 2.24) is 0 Å². The fourth-order valence-corrected chi connectivity index (χ4v) is 4.96. The van der Waals surface area contributed by atoms with Gasteiger partial charge in [0.25, 0.3) is 0 Å². The number of hydrogen-bond donors (Lipinski definition) is 0. The summed E-state index contributed by atoms with van der Waals surface area (Å²) in [7, 11) is -2.67. The van der Waals surface area contributed by atoms with Gasteiger partial charge in [0, 0.05) is 4.83 Å². The lowest BCUT2D eigenvalue weighted by Gasteiger charge is -2.12. The monoisotopic (exact) mass is 266 g/mol. The van der Waals surface area contributed by atoms with Crippen molar-refractivity contribution in [3.05, 3.63) is 0 Å². The third-order valence-corrected chi connectivity index (χ3v) is 5.98. The fourth-order valence-electron chi connectivity index (χ4n) is 2.03. The second-order valence-electron chi connectivity index (χ2n) is 4.36. The lowest BCUT2D eigenvalue weighted by Crippen LogP contribution is -2.11. The summed E-state index contributed by atoms with van der Waals surface area (Å²) in [6, 6.07) is 0. The Morgan fingerprint density at radius 2 is 2.00 bits per heavy atom. The Kier molecular flexibility index (Phi) is 2.71. The molecule has 0 amide bonds. The molecule has 13 heavy (non-hydrogen) atoms. The minimum Gasteiger partial charge on any atom is -0.229 e. The molecule has 76 valence electrons. The van der Waals surface area contributed by atoms with Crippen LogP contribution in [0, 0.1) is 11.8 Å². The molecule has 2 atom stereocenters. The average Bonchev–Trinajstić information content (AvgIpc) is 2.78. The van der Waals surface area contributed by atoms with Gasteiger partial charge in [0.1, 0.15) is 0 Å². The van der Waals surface area contributed by atoms with Gasteiger partial charge >= 0.3 is 0 Å². The molecule has 2 aliphatic rings. The second-order valence-corrected chi connectivity index (χ2v) is 7.76. The van der Waals surface area contributed by atoms with Gasteiger partial charge in [-0.3, -0.25) is 0 Å². The highest BCUT2D eigenvalue weighted by atomic mass is 79.9. The van der Waals surface area contributed by atoms with Crippen LogP contribution in [0.2, 0.25) is 0 Å². The van der Waals surface area contributed by atoms with E-state index >= 15 is 0 Å². The van der Waals surface area contributed by atoms with E-state index in [1.54, 1.807) is 0 Å². The molecule has 0 spiro atoms. The molecule has 0 aromatic heterocycles. The van der Waals surface area contributed by atoms with Gasteiger partial charge in [-0.1, -0.05) is 15.9 Å². The molecule has 2 rings (SSSR count). The Hall–Kier alpha value is 0.430. The van der Waals surface area contributed by atoms with E-state index in [0.717, 1.165) is 18.8 Å². The average molecular weight is 267 g/mol. The van der Waals surface area contributed by atoms with Gasteiger partial charge in [0.05, 0.1) is 11.5 Å². The van der Waals surface area contributed by atoms with E-state index in [1.165, 1.54) is 12.8 Å². The van der Waals surface area contributed by atoms with Crippen molar-refractivity contribution in [2.75, 3.05) is 11.5 Å². The molecular formula is C9H15BrO2S. The molecule has 1 aliphatic carbocycles. The maximum Gasteiger partial charge on any atom is 0.150 e. The smallest absolute Gasteiger partial charge is 0.150 e. The number of rotatable bonds is 3. The van der Waals surface area contributed by atoms with Crippen LogP contribution in [0.1, 0.15) is 25.7 Å². The lowest BCUT2D eigenvalue weighted by atomic mass is 10.0. The largest absolute Gasteiger partial charge is 0.229 e. The van der Waals surface area contributed by atoms with E-state index in [2.05, 4.69) is 15.9 Å². The van der Waals surface area contributed by atoms with Crippen LogP contribution in [0.3, 0.4) is 0 Å². The van der Waals surface area contributed by atoms with Gasteiger partial charge in [-0.05, 0) is 37.5 Å². The van der Waals surface area contributed by atoms with Crippen LogP contribution in [0.15, 0.2) is 0 Å². The quantitative estimate of drug-likeness (QED) is 0.733. The van der Waals surface area contributed by atoms with Crippen LogP contribution in [0.25, 0.3) is 0 Å². The van der Waals surface area contributed by atoms with Crippen molar-refractivity contribution in [2.24, 2.45) is 11.8 Å². The first-order valence-corrected chi connectivity index (χ1v) is 7.65. The predicted octanol–water partition coefficient (Wildman–Crippen LogP) is 1.98. The second kappa shape index (κ2) is 3.54. The Morgan fingerprint density at radius 1 is 1.31 bits per heavy atom. The zero-order chi connectivity index (χ0) is 9.47.